The van der Waals surface area contributed by atoms with Crippen LogP contribution in [0.1, 0.15) is 15.9 Å². The standard InChI is InChI=1S/C19H14Cl2FN3O/c20-15-2-1-3-16(21)18(15)25-19(26)13-8-9-23-17(10-13)24-11-12-4-6-14(22)7-5-12/h1-10H,11H2,(H,23,24)(H,25,26). The van der Waals surface area contributed by atoms with Gasteiger partial charge in [-0.1, -0.05) is 41.4 Å². The third-order valence-corrected chi connectivity index (χ3v) is 4.24. The minimum atomic E-state index is -0.354. The van der Waals surface area contributed by atoms with Crippen LogP contribution in [0.3, 0.4) is 0 Å². The van der Waals surface area contributed by atoms with E-state index in [-0.39, 0.29) is 11.7 Å². The molecule has 26 heavy (non-hydrogen) atoms. The molecule has 1 aromatic heterocycles. The molecule has 0 spiro atoms. The summed E-state index contributed by atoms with van der Waals surface area (Å²) in [5.41, 5.74) is 1.65. The van der Waals surface area contributed by atoms with Crippen molar-refractivity contribution in [2.75, 3.05) is 10.6 Å². The number of nitrogens with one attached hydrogen (secondary N) is 2. The number of aromatic nitrogens is 1. The third kappa shape index (κ3) is 4.50. The Morgan fingerprint density at radius 2 is 1.73 bits per heavy atom. The van der Waals surface area contributed by atoms with Crippen LogP contribution in [0.5, 0.6) is 0 Å². The van der Waals surface area contributed by atoms with Crippen molar-refractivity contribution in [3.8, 4) is 0 Å². The van der Waals surface area contributed by atoms with Crippen LogP contribution in [0.4, 0.5) is 15.9 Å². The van der Waals surface area contributed by atoms with E-state index in [1.165, 1.54) is 18.3 Å². The van der Waals surface area contributed by atoms with Crippen LogP contribution in [0, 0.1) is 5.82 Å². The number of amides is 1. The van der Waals surface area contributed by atoms with E-state index in [4.69, 9.17) is 23.2 Å². The zero-order valence-electron chi connectivity index (χ0n) is 13.5. The fourth-order valence-electron chi connectivity index (χ4n) is 2.27. The van der Waals surface area contributed by atoms with Gasteiger partial charge >= 0.3 is 0 Å². The molecule has 7 heteroatoms. The van der Waals surface area contributed by atoms with Crippen LogP contribution in [0.2, 0.25) is 10.0 Å². The van der Waals surface area contributed by atoms with Crippen LogP contribution < -0.4 is 10.6 Å². The topological polar surface area (TPSA) is 54.0 Å². The molecule has 0 atom stereocenters. The largest absolute Gasteiger partial charge is 0.366 e. The average Bonchev–Trinajstić information content (AvgIpc) is 2.64. The summed E-state index contributed by atoms with van der Waals surface area (Å²) in [6, 6.07) is 14.3. The van der Waals surface area contributed by atoms with Crippen LogP contribution in [0.25, 0.3) is 0 Å². The van der Waals surface area contributed by atoms with Crippen molar-refractivity contribution < 1.29 is 9.18 Å². The highest BCUT2D eigenvalue weighted by atomic mass is 35.5. The molecule has 0 aliphatic carbocycles. The lowest BCUT2D eigenvalue weighted by atomic mass is 10.2. The van der Waals surface area contributed by atoms with Gasteiger partial charge in [0.05, 0.1) is 15.7 Å². The fraction of sp³-hybridized carbons (Fsp3) is 0.0526. The first kappa shape index (κ1) is 18.2. The molecule has 1 heterocycles. The summed E-state index contributed by atoms with van der Waals surface area (Å²) in [6.07, 6.45) is 1.52. The van der Waals surface area contributed by atoms with Gasteiger partial charge in [0.2, 0.25) is 0 Å². The molecule has 2 aromatic carbocycles. The highest BCUT2D eigenvalue weighted by molar-refractivity contribution is 6.40. The molecule has 0 aliphatic rings. The van der Waals surface area contributed by atoms with Crippen LogP contribution >= 0.6 is 23.2 Å². The molecular formula is C19H14Cl2FN3O. The molecule has 0 saturated heterocycles. The minimum Gasteiger partial charge on any atom is -0.366 e. The smallest absolute Gasteiger partial charge is 0.255 e. The van der Waals surface area contributed by atoms with E-state index in [1.807, 2.05) is 0 Å². The molecule has 0 aliphatic heterocycles. The quantitative estimate of drug-likeness (QED) is 0.614. The second-order valence-corrected chi connectivity index (χ2v) is 6.27. The Morgan fingerprint density at radius 1 is 1.04 bits per heavy atom. The summed E-state index contributed by atoms with van der Waals surface area (Å²) in [7, 11) is 0. The lowest BCUT2D eigenvalue weighted by Crippen LogP contribution is -2.13. The van der Waals surface area contributed by atoms with Crippen LogP contribution in [-0.4, -0.2) is 10.9 Å². The predicted molar refractivity (Wildman–Crippen MR) is 102 cm³/mol. The van der Waals surface area contributed by atoms with Crippen molar-refractivity contribution in [1.29, 1.82) is 0 Å². The number of nitrogens with zero attached hydrogens (tertiary/aromatic N) is 1. The normalized spacial score (nSPS) is 10.4. The van der Waals surface area contributed by atoms with Gasteiger partial charge < -0.3 is 10.6 Å². The molecule has 0 unspecified atom stereocenters. The van der Waals surface area contributed by atoms with Gasteiger partial charge in [0.25, 0.3) is 5.91 Å². The number of carbonyl (C=O) groups is 1. The number of rotatable bonds is 5. The molecule has 2 N–H and O–H groups in total. The Labute approximate surface area is 160 Å². The van der Waals surface area contributed by atoms with Crippen molar-refractivity contribution in [2.45, 2.75) is 6.54 Å². The lowest BCUT2D eigenvalue weighted by Gasteiger charge is -2.10. The van der Waals surface area contributed by atoms with E-state index in [1.54, 1.807) is 42.5 Å². The number of anilines is 2. The number of hydrogen-bond acceptors (Lipinski definition) is 3. The van der Waals surface area contributed by atoms with Gasteiger partial charge in [-0.15, -0.1) is 0 Å². The zero-order chi connectivity index (χ0) is 18.5. The first-order valence-electron chi connectivity index (χ1n) is 7.72. The van der Waals surface area contributed by atoms with Crippen molar-refractivity contribution in [3.05, 3.63) is 87.8 Å². The maximum atomic E-state index is 12.9. The summed E-state index contributed by atoms with van der Waals surface area (Å²) in [5.74, 6) is -0.122. The van der Waals surface area contributed by atoms with Gasteiger partial charge in [-0.3, -0.25) is 4.79 Å². The first-order chi connectivity index (χ1) is 12.5. The number of para-hydroxylation sites is 1. The zero-order valence-corrected chi connectivity index (χ0v) is 15.0. The number of benzene rings is 2. The molecule has 1 amide bonds. The van der Waals surface area contributed by atoms with Crippen LogP contribution in [-0.2, 0) is 6.54 Å². The van der Waals surface area contributed by atoms with E-state index in [9.17, 15) is 9.18 Å². The van der Waals surface area contributed by atoms with Gasteiger partial charge in [0.15, 0.2) is 0 Å². The molecule has 0 fully saturated rings. The summed E-state index contributed by atoms with van der Waals surface area (Å²) >= 11 is 12.1. The molecule has 4 nitrogen and oxygen atoms in total. The molecule has 3 rings (SSSR count). The van der Waals surface area contributed by atoms with Gasteiger partial charge in [-0.25, -0.2) is 9.37 Å². The Bertz CT molecular complexity index is 912. The fourth-order valence-corrected chi connectivity index (χ4v) is 2.76. The Hall–Kier alpha value is -2.63. The molecule has 0 saturated carbocycles. The second kappa shape index (κ2) is 8.17. The average molecular weight is 390 g/mol. The first-order valence-corrected chi connectivity index (χ1v) is 8.48. The highest BCUT2D eigenvalue weighted by Gasteiger charge is 2.12. The summed E-state index contributed by atoms with van der Waals surface area (Å²) in [6.45, 7) is 0.453. The third-order valence-electron chi connectivity index (χ3n) is 3.61. The number of carbonyl (C=O) groups excluding carboxylic acids is 1. The number of pyridine rings is 1. The Balaban J connectivity index is 1.70. The second-order valence-electron chi connectivity index (χ2n) is 5.46. The maximum Gasteiger partial charge on any atom is 0.255 e. The Morgan fingerprint density at radius 3 is 2.42 bits per heavy atom. The number of halogens is 3. The summed E-state index contributed by atoms with van der Waals surface area (Å²) < 4.78 is 12.9. The van der Waals surface area contributed by atoms with E-state index in [0.29, 0.717) is 33.7 Å². The van der Waals surface area contributed by atoms with Crippen molar-refractivity contribution in [3.63, 3.8) is 0 Å². The van der Waals surface area contributed by atoms with Crippen LogP contribution in [0.15, 0.2) is 60.8 Å². The van der Waals surface area contributed by atoms with Gasteiger partial charge in [-0.05, 0) is 42.0 Å². The molecule has 132 valence electrons. The van der Waals surface area contributed by atoms with Crippen molar-refractivity contribution in [2.24, 2.45) is 0 Å². The van der Waals surface area contributed by atoms with Crippen molar-refractivity contribution in [1.82, 2.24) is 4.98 Å². The monoisotopic (exact) mass is 389 g/mol. The van der Waals surface area contributed by atoms with Gasteiger partial charge in [0.1, 0.15) is 11.6 Å². The summed E-state index contributed by atoms with van der Waals surface area (Å²) in [4.78, 5) is 16.6. The highest BCUT2D eigenvalue weighted by Crippen LogP contribution is 2.30. The van der Waals surface area contributed by atoms with E-state index in [0.717, 1.165) is 5.56 Å². The SMILES string of the molecule is O=C(Nc1c(Cl)cccc1Cl)c1ccnc(NCc2ccc(F)cc2)c1. The van der Waals surface area contributed by atoms with E-state index < -0.39 is 0 Å². The summed E-state index contributed by atoms with van der Waals surface area (Å²) in [5, 5.41) is 6.51. The van der Waals surface area contributed by atoms with Crippen molar-refractivity contribution >= 4 is 40.6 Å². The maximum absolute atomic E-state index is 12.9. The van der Waals surface area contributed by atoms with E-state index in [2.05, 4.69) is 15.6 Å². The minimum absolute atomic E-state index is 0.288. The van der Waals surface area contributed by atoms with Gasteiger partial charge in [0, 0.05) is 18.3 Å². The molecular weight excluding hydrogens is 376 g/mol. The lowest BCUT2D eigenvalue weighted by molar-refractivity contribution is 0.102. The predicted octanol–water partition coefficient (Wildman–Crippen LogP) is 5.39. The van der Waals surface area contributed by atoms with E-state index >= 15 is 0 Å². The molecule has 3 aromatic rings. The Kier molecular flexibility index (Phi) is 5.71. The van der Waals surface area contributed by atoms with Gasteiger partial charge in [-0.2, -0.15) is 0 Å². The molecule has 0 bridgehead atoms. The number of hydrogen-bond donors (Lipinski definition) is 2. The molecule has 0 radical (unpaired) electrons.